The van der Waals surface area contributed by atoms with Crippen molar-refractivity contribution in [3.05, 3.63) is 45.5 Å². The molecule has 0 aliphatic carbocycles. The van der Waals surface area contributed by atoms with Crippen molar-refractivity contribution in [2.24, 2.45) is 7.05 Å². The number of aryl methyl sites for hydroxylation is 1. The summed E-state index contributed by atoms with van der Waals surface area (Å²) in [6, 6.07) is 2.40. The molecular formula is C12H13N5O4. The number of nitro benzene ring substituents is 1. The van der Waals surface area contributed by atoms with Crippen molar-refractivity contribution in [2.75, 3.05) is 5.32 Å². The molecule has 9 heteroatoms. The Morgan fingerprint density at radius 1 is 1.52 bits per heavy atom. The largest absolute Gasteiger partial charge is 0.478 e. The monoisotopic (exact) mass is 291 g/mol. The molecule has 2 N–H and O–H groups in total. The van der Waals surface area contributed by atoms with Gasteiger partial charge in [0.15, 0.2) is 5.82 Å². The maximum absolute atomic E-state index is 11.0. The molecule has 0 amide bonds. The van der Waals surface area contributed by atoms with Gasteiger partial charge in [-0.25, -0.2) is 9.78 Å². The van der Waals surface area contributed by atoms with Gasteiger partial charge in [-0.05, 0) is 13.0 Å². The van der Waals surface area contributed by atoms with E-state index in [9.17, 15) is 14.9 Å². The highest BCUT2D eigenvalue weighted by molar-refractivity contribution is 5.90. The van der Waals surface area contributed by atoms with Crippen LogP contribution in [0.25, 0.3) is 0 Å². The average molecular weight is 291 g/mol. The number of carboxylic acids is 1. The lowest BCUT2D eigenvalue weighted by molar-refractivity contribution is -0.385. The molecule has 0 fully saturated rings. The standard InChI is InChI=1S/C12H13N5O4/c1-7-9(13-5-11-14-6-16(2)15-11)3-8(12(18)19)4-10(7)17(20)21/h3-4,6,13H,5H2,1-2H3,(H,18,19). The van der Waals surface area contributed by atoms with Gasteiger partial charge in [0, 0.05) is 24.4 Å². The fourth-order valence-corrected chi connectivity index (χ4v) is 1.83. The summed E-state index contributed by atoms with van der Waals surface area (Å²) in [5.41, 5.74) is 0.338. The molecule has 1 aromatic carbocycles. The summed E-state index contributed by atoms with van der Waals surface area (Å²) in [6.45, 7) is 1.79. The number of aromatic nitrogens is 3. The van der Waals surface area contributed by atoms with Crippen LogP contribution in [0.5, 0.6) is 0 Å². The van der Waals surface area contributed by atoms with Gasteiger partial charge < -0.3 is 10.4 Å². The zero-order valence-electron chi connectivity index (χ0n) is 11.4. The van der Waals surface area contributed by atoms with Crippen molar-refractivity contribution in [1.29, 1.82) is 0 Å². The van der Waals surface area contributed by atoms with Gasteiger partial charge in [0.05, 0.1) is 17.0 Å². The summed E-state index contributed by atoms with van der Waals surface area (Å²) < 4.78 is 1.53. The van der Waals surface area contributed by atoms with E-state index in [0.29, 0.717) is 17.1 Å². The summed E-state index contributed by atoms with van der Waals surface area (Å²) >= 11 is 0. The van der Waals surface area contributed by atoms with Gasteiger partial charge in [-0.2, -0.15) is 5.10 Å². The number of aromatic carboxylic acids is 1. The third-order valence-electron chi connectivity index (χ3n) is 2.91. The summed E-state index contributed by atoms with van der Waals surface area (Å²) in [6.07, 6.45) is 1.53. The van der Waals surface area contributed by atoms with E-state index in [0.717, 1.165) is 6.07 Å². The van der Waals surface area contributed by atoms with Crippen molar-refractivity contribution < 1.29 is 14.8 Å². The Bertz CT molecular complexity index is 710. The third kappa shape index (κ3) is 3.14. The van der Waals surface area contributed by atoms with E-state index in [-0.39, 0.29) is 17.8 Å². The highest BCUT2D eigenvalue weighted by atomic mass is 16.6. The van der Waals surface area contributed by atoms with Gasteiger partial charge in [0.1, 0.15) is 6.33 Å². The van der Waals surface area contributed by atoms with Gasteiger partial charge >= 0.3 is 5.97 Å². The van der Waals surface area contributed by atoms with Gasteiger partial charge in [-0.1, -0.05) is 0 Å². The van der Waals surface area contributed by atoms with Gasteiger partial charge in [0.2, 0.25) is 0 Å². The summed E-state index contributed by atoms with van der Waals surface area (Å²) in [4.78, 5) is 25.4. The highest BCUT2D eigenvalue weighted by Crippen LogP contribution is 2.28. The summed E-state index contributed by atoms with van der Waals surface area (Å²) in [5.74, 6) is -0.725. The van der Waals surface area contributed by atoms with Crippen LogP contribution in [0.2, 0.25) is 0 Å². The quantitative estimate of drug-likeness (QED) is 0.629. The molecule has 1 aromatic heterocycles. The van der Waals surface area contributed by atoms with Crippen LogP contribution in [0, 0.1) is 17.0 Å². The Morgan fingerprint density at radius 2 is 2.24 bits per heavy atom. The van der Waals surface area contributed by atoms with E-state index in [1.165, 1.54) is 17.1 Å². The minimum Gasteiger partial charge on any atom is -0.478 e. The van der Waals surface area contributed by atoms with Crippen molar-refractivity contribution >= 4 is 17.3 Å². The van der Waals surface area contributed by atoms with Crippen LogP contribution < -0.4 is 5.32 Å². The number of nitrogens with zero attached hydrogens (tertiary/aromatic N) is 4. The summed E-state index contributed by atoms with van der Waals surface area (Å²) in [5, 5.41) is 27.0. The maximum atomic E-state index is 11.0. The first-order valence-electron chi connectivity index (χ1n) is 5.99. The second kappa shape index (κ2) is 5.57. The Kier molecular flexibility index (Phi) is 3.83. The molecule has 0 spiro atoms. The topological polar surface area (TPSA) is 123 Å². The molecule has 0 radical (unpaired) electrons. The first-order valence-corrected chi connectivity index (χ1v) is 5.99. The lowest BCUT2D eigenvalue weighted by Crippen LogP contribution is -2.07. The van der Waals surface area contributed by atoms with E-state index in [1.54, 1.807) is 14.0 Å². The number of carbonyl (C=O) groups is 1. The van der Waals surface area contributed by atoms with E-state index in [2.05, 4.69) is 15.4 Å². The SMILES string of the molecule is Cc1c(NCc2ncn(C)n2)cc(C(=O)O)cc1[N+](=O)[O-]. The van der Waals surface area contributed by atoms with Crippen molar-refractivity contribution in [3.8, 4) is 0 Å². The number of nitrogens with one attached hydrogen (secondary N) is 1. The maximum Gasteiger partial charge on any atom is 0.336 e. The minimum absolute atomic E-state index is 0.149. The fraction of sp³-hybridized carbons (Fsp3) is 0.250. The molecule has 1 heterocycles. The molecule has 0 atom stereocenters. The average Bonchev–Trinajstić information content (AvgIpc) is 2.82. The Balaban J connectivity index is 2.32. The lowest BCUT2D eigenvalue weighted by Gasteiger charge is -2.09. The smallest absolute Gasteiger partial charge is 0.336 e. The molecule has 0 aliphatic rings. The summed E-state index contributed by atoms with van der Waals surface area (Å²) in [7, 11) is 1.72. The molecule has 110 valence electrons. The first kappa shape index (κ1) is 14.4. The van der Waals surface area contributed by atoms with Crippen molar-refractivity contribution in [3.63, 3.8) is 0 Å². The molecule has 0 saturated carbocycles. The highest BCUT2D eigenvalue weighted by Gasteiger charge is 2.19. The van der Waals surface area contributed by atoms with Crippen molar-refractivity contribution in [2.45, 2.75) is 13.5 Å². The third-order valence-corrected chi connectivity index (χ3v) is 2.91. The van der Waals surface area contributed by atoms with Crippen LogP contribution in [0.3, 0.4) is 0 Å². The van der Waals surface area contributed by atoms with Gasteiger partial charge in [0.25, 0.3) is 5.69 Å². The van der Waals surface area contributed by atoms with Gasteiger partial charge in [-0.3, -0.25) is 14.8 Å². The Hall–Kier alpha value is -2.97. The zero-order valence-corrected chi connectivity index (χ0v) is 11.4. The number of benzene rings is 1. The van der Waals surface area contributed by atoms with Crippen LogP contribution >= 0.6 is 0 Å². The minimum atomic E-state index is -1.22. The second-order valence-corrected chi connectivity index (χ2v) is 4.42. The fourth-order valence-electron chi connectivity index (χ4n) is 1.83. The molecule has 0 aliphatic heterocycles. The van der Waals surface area contributed by atoms with E-state index < -0.39 is 10.9 Å². The molecular weight excluding hydrogens is 278 g/mol. The Labute approximate surface area is 119 Å². The lowest BCUT2D eigenvalue weighted by atomic mass is 10.1. The predicted octanol–water partition coefficient (Wildman–Crippen LogP) is 1.34. The molecule has 2 aromatic rings. The molecule has 0 unspecified atom stereocenters. The van der Waals surface area contributed by atoms with E-state index in [4.69, 9.17) is 5.11 Å². The van der Waals surface area contributed by atoms with Crippen molar-refractivity contribution in [1.82, 2.24) is 14.8 Å². The zero-order chi connectivity index (χ0) is 15.6. The molecule has 0 saturated heterocycles. The van der Waals surface area contributed by atoms with Gasteiger partial charge in [-0.15, -0.1) is 0 Å². The van der Waals surface area contributed by atoms with Crippen LogP contribution in [-0.4, -0.2) is 30.8 Å². The molecule has 0 bridgehead atoms. The number of anilines is 1. The van der Waals surface area contributed by atoms with Crippen LogP contribution in [0.15, 0.2) is 18.5 Å². The normalized spacial score (nSPS) is 10.4. The molecule has 21 heavy (non-hydrogen) atoms. The van der Waals surface area contributed by atoms with E-state index in [1.807, 2.05) is 0 Å². The van der Waals surface area contributed by atoms with Crippen LogP contribution in [-0.2, 0) is 13.6 Å². The van der Waals surface area contributed by atoms with E-state index >= 15 is 0 Å². The van der Waals surface area contributed by atoms with Crippen LogP contribution in [0.1, 0.15) is 21.7 Å². The number of rotatable bonds is 5. The molecule has 9 nitrogen and oxygen atoms in total. The number of carboxylic acid groups (broad SMARTS) is 1. The molecule has 2 rings (SSSR count). The predicted molar refractivity (Wildman–Crippen MR) is 73.1 cm³/mol. The van der Waals surface area contributed by atoms with Crippen LogP contribution in [0.4, 0.5) is 11.4 Å². The number of hydrogen-bond donors (Lipinski definition) is 2. The first-order chi connectivity index (χ1) is 9.88. The number of nitro groups is 1. The number of hydrogen-bond acceptors (Lipinski definition) is 6. The second-order valence-electron chi connectivity index (χ2n) is 4.42. The Morgan fingerprint density at radius 3 is 2.76 bits per heavy atom.